The number of carbonyl (C=O) groups excluding carboxylic acids is 1. The van der Waals surface area contributed by atoms with E-state index in [0.29, 0.717) is 23.1 Å². The first-order valence-corrected chi connectivity index (χ1v) is 7.49. The van der Waals surface area contributed by atoms with Crippen LogP contribution in [0.2, 0.25) is 10.0 Å². The summed E-state index contributed by atoms with van der Waals surface area (Å²) in [7, 11) is 0. The summed E-state index contributed by atoms with van der Waals surface area (Å²) in [5, 5.41) is 1.06. The van der Waals surface area contributed by atoms with Crippen molar-refractivity contribution in [1.29, 1.82) is 0 Å². The Balaban J connectivity index is 2.38. The molecule has 3 nitrogen and oxygen atoms in total. The van der Waals surface area contributed by atoms with E-state index in [9.17, 15) is 4.79 Å². The molecule has 1 heterocycles. The van der Waals surface area contributed by atoms with Crippen LogP contribution in [0.5, 0.6) is 0 Å². The molecule has 0 N–H and O–H groups in total. The number of rotatable bonds is 5. The molecule has 1 aromatic carbocycles. The second-order valence-corrected chi connectivity index (χ2v) is 5.90. The van der Waals surface area contributed by atoms with Gasteiger partial charge in [-0.05, 0) is 32.4 Å². The number of benzene rings is 1. The highest BCUT2D eigenvalue weighted by atomic mass is 35.5. The molecule has 1 fully saturated rings. The van der Waals surface area contributed by atoms with E-state index in [2.05, 4.69) is 0 Å². The van der Waals surface area contributed by atoms with Crippen molar-refractivity contribution < 1.29 is 14.3 Å². The fraction of sp³-hybridized carbons (Fsp3) is 0.533. The van der Waals surface area contributed by atoms with Gasteiger partial charge in [0, 0.05) is 15.6 Å². The lowest BCUT2D eigenvalue weighted by atomic mass is 9.84. The number of carbonyl (C=O) groups is 1. The molecule has 2 atom stereocenters. The molecule has 5 heteroatoms. The van der Waals surface area contributed by atoms with Crippen molar-refractivity contribution in [2.75, 3.05) is 6.61 Å². The molecule has 0 amide bonds. The average molecular weight is 317 g/mol. The molecule has 0 aliphatic carbocycles. The number of halogens is 2. The monoisotopic (exact) mass is 316 g/mol. The molecule has 0 saturated carbocycles. The summed E-state index contributed by atoms with van der Waals surface area (Å²) in [4.78, 5) is 12.3. The largest absolute Gasteiger partial charge is 0.464 e. The lowest BCUT2D eigenvalue weighted by Gasteiger charge is -2.16. The predicted molar refractivity (Wildman–Crippen MR) is 79.2 cm³/mol. The zero-order valence-corrected chi connectivity index (χ0v) is 13.3. The van der Waals surface area contributed by atoms with Crippen molar-refractivity contribution in [2.45, 2.75) is 44.8 Å². The van der Waals surface area contributed by atoms with Gasteiger partial charge in [0.15, 0.2) is 5.60 Å². The normalized spacial score (nSPS) is 28.2. The van der Waals surface area contributed by atoms with Gasteiger partial charge in [-0.3, -0.25) is 0 Å². The Kier molecular flexibility index (Phi) is 4.33. The summed E-state index contributed by atoms with van der Waals surface area (Å²) in [6.45, 7) is 5.99. The van der Waals surface area contributed by atoms with E-state index in [-0.39, 0.29) is 5.97 Å². The summed E-state index contributed by atoms with van der Waals surface area (Å²) in [6.07, 6.45) is 1.42. The van der Waals surface area contributed by atoms with Gasteiger partial charge in [0.1, 0.15) is 5.60 Å². The molecule has 0 radical (unpaired) electrons. The average Bonchev–Trinajstić information content (AvgIpc) is 2.97. The number of hydrogen-bond acceptors (Lipinski definition) is 3. The molecule has 1 aliphatic rings. The molecule has 1 saturated heterocycles. The first-order valence-electron chi connectivity index (χ1n) is 6.74. The quantitative estimate of drug-likeness (QED) is 0.599. The van der Waals surface area contributed by atoms with Crippen molar-refractivity contribution in [1.82, 2.24) is 0 Å². The topological polar surface area (TPSA) is 38.8 Å². The van der Waals surface area contributed by atoms with Gasteiger partial charge in [-0.15, -0.1) is 0 Å². The Hall–Kier alpha value is -0.770. The maximum absolute atomic E-state index is 12.3. The van der Waals surface area contributed by atoms with Gasteiger partial charge < -0.3 is 9.47 Å². The first-order chi connectivity index (χ1) is 9.41. The number of esters is 1. The summed E-state index contributed by atoms with van der Waals surface area (Å²) in [5.41, 5.74) is -0.920. The number of epoxide rings is 1. The molecule has 2 unspecified atom stereocenters. The highest BCUT2D eigenvalue weighted by Gasteiger charge is 2.73. The van der Waals surface area contributed by atoms with Crippen molar-refractivity contribution in [3.05, 3.63) is 33.8 Å². The van der Waals surface area contributed by atoms with E-state index in [0.717, 1.165) is 12.0 Å². The van der Waals surface area contributed by atoms with Crippen molar-refractivity contribution in [2.24, 2.45) is 0 Å². The van der Waals surface area contributed by atoms with Gasteiger partial charge in [0.2, 0.25) is 0 Å². The SMILES string of the molecule is CCCC1(C(=O)OCC)OC1(C)c1ccc(Cl)cc1Cl. The van der Waals surface area contributed by atoms with Crippen LogP contribution in [0, 0.1) is 0 Å². The number of hydrogen-bond donors (Lipinski definition) is 0. The summed E-state index contributed by atoms with van der Waals surface area (Å²) >= 11 is 12.2. The van der Waals surface area contributed by atoms with E-state index < -0.39 is 11.2 Å². The van der Waals surface area contributed by atoms with Crippen LogP contribution in [0.1, 0.15) is 39.2 Å². The Morgan fingerprint density at radius 2 is 2.05 bits per heavy atom. The lowest BCUT2D eigenvalue weighted by molar-refractivity contribution is -0.149. The van der Waals surface area contributed by atoms with E-state index >= 15 is 0 Å². The highest BCUT2D eigenvalue weighted by Crippen LogP contribution is 2.60. The van der Waals surface area contributed by atoms with E-state index in [1.807, 2.05) is 13.8 Å². The molecule has 0 spiro atoms. The van der Waals surface area contributed by atoms with Gasteiger partial charge in [0.05, 0.1) is 6.61 Å². The standard InChI is InChI=1S/C15H18Cl2O3/c1-4-8-15(13(18)19-5-2)14(3,20-15)11-7-6-10(16)9-12(11)17/h6-7,9H,4-5,8H2,1-3H3. The van der Waals surface area contributed by atoms with Gasteiger partial charge in [-0.25, -0.2) is 4.79 Å². The van der Waals surface area contributed by atoms with Crippen molar-refractivity contribution >= 4 is 29.2 Å². The molecule has 0 bridgehead atoms. The summed E-state index contributed by atoms with van der Waals surface area (Å²) < 4.78 is 11.0. The van der Waals surface area contributed by atoms with Gasteiger partial charge in [0.25, 0.3) is 0 Å². The molecular weight excluding hydrogens is 299 g/mol. The Bertz CT molecular complexity index is 532. The minimum Gasteiger partial charge on any atom is -0.464 e. The van der Waals surface area contributed by atoms with Crippen LogP contribution < -0.4 is 0 Å². The lowest BCUT2D eigenvalue weighted by Crippen LogP contribution is -2.33. The Morgan fingerprint density at radius 3 is 2.60 bits per heavy atom. The third-order valence-electron chi connectivity index (χ3n) is 3.76. The fourth-order valence-corrected chi connectivity index (χ4v) is 3.29. The van der Waals surface area contributed by atoms with Crippen LogP contribution in [0.15, 0.2) is 18.2 Å². The molecule has 20 heavy (non-hydrogen) atoms. The van der Waals surface area contributed by atoms with Crippen molar-refractivity contribution in [3.8, 4) is 0 Å². The van der Waals surface area contributed by atoms with Crippen LogP contribution in [-0.2, 0) is 19.9 Å². The zero-order chi connectivity index (χ0) is 15.0. The first kappa shape index (κ1) is 15.6. The van der Waals surface area contributed by atoms with Crippen molar-refractivity contribution in [3.63, 3.8) is 0 Å². The maximum atomic E-state index is 12.3. The van der Waals surface area contributed by atoms with E-state index in [4.69, 9.17) is 32.7 Å². The van der Waals surface area contributed by atoms with E-state index in [1.165, 1.54) is 0 Å². The van der Waals surface area contributed by atoms with Crippen LogP contribution in [0.4, 0.5) is 0 Å². The van der Waals surface area contributed by atoms with Crippen LogP contribution in [0.3, 0.4) is 0 Å². The second kappa shape index (κ2) is 5.55. The molecular formula is C15H18Cl2O3. The maximum Gasteiger partial charge on any atom is 0.341 e. The van der Waals surface area contributed by atoms with Gasteiger partial charge in [-0.2, -0.15) is 0 Å². The van der Waals surface area contributed by atoms with Crippen LogP contribution in [0.25, 0.3) is 0 Å². The summed E-state index contributed by atoms with van der Waals surface area (Å²) in [5.74, 6) is -0.324. The third-order valence-corrected chi connectivity index (χ3v) is 4.31. The predicted octanol–water partition coefficient (Wildman–Crippen LogP) is 4.34. The number of ether oxygens (including phenoxy) is 2. The Labute approximate surface area is 129 Å². The zero-order valence-electron chi connectivity index (χ0n) is 11.8. The smallest absolute Gasteiger partial charge is 0.341 e. The Morgan fingerprint density at radius 1 is 1.35 bits per heavy atom. The van der Waals surface area contributed by atoms with Gasteiger partial charge in [-0.1, -0.05) is 42.6 Å². The molecule has 2 rings (SSSR count). The highest BCUT2D eigenvalue weighted by molar-refractivity contribution is 6.35. The van der Waals surface area contributed by atoms with Crippen LogP contribution in [-0.4, -0.2) is 18.2 Å². The minimum absolute atomic E-state index is 0.324. The molecule has 1 aromatic rings. The second-order valence-electron chi connectivity index (χ2n) is 5.06. The van der Waals surface area contributed by atoms with Crippen LogP contribution >= 0.6 is 23.2 Å². The van der Waals surface area contributed by atoms with Gasteiger partial charge >= 0.3 is 5.97 Å². The summed E-state index contributed by atoms with van der Waals surface area (Å²) in [6, 6.07) is 5.21. The third kappa shape index (κ3) is 2.32. The fourth-order valence-electron chi connectivity index (χ4n) is 2.70. The minimum atomic E-state index is -0.935. The molecule has 0 aromatic heterocycles. The van der Waals surface area contributed by atoms with E-state index in [1.54, 1.807) is 25.1 Å². The molecule has 1 aliphatic heterocycles. The molecule has 110 valence electrons.